The second-order valence-corrected chi connectivity index (χ2v) is 4.78. The third-order valence-electron chi connectivity index (χ3n) is 2.70. The first-order valence-corrected chi connectivity index (χ1v) is 5.70. The molecule has 2 rings (SSSR count). The third kappa shape index (κ3) is 1.99. The van der Waals surface area contributed by atoms with Crippen molar-refractivity contribution in [3.8, 4) is 0 Å². The summed E-state index contributed by atoms with van der Waals surface area (Å²) in [6.07, 6.45) is 3.72. The molecular formula is C11H14OS. The van der Waals surface area contributed by atoms with Crippen molar-refractivity contribution in [1.29, 1.82) is 0 Å². The van der Waals surface area contributed by atoms with Gasteiger partial charge in [-0.15, -0.1) is 11.3 Å². The van der Waals surface area contributed by atoms with Crippen molar-refractivity contribution in [3.63, 3.8) is 0 Å². The molecule has 70 valence electrons. The lowest BCUT2D eigenvalue weighted by Gasteiger charge is -2.19. The van der Waals surface area contributed by atoms with Crippen LogP contribution in [0.4, 0.5) is 0 Å². The van der Waals surface area contributed by atoms with E-state index in [4.69, 9.17) is 0 Å². The SMILES string of the molecule is Cc1csc(C2CCC(=O)CC2)c1. The van der Waals surface area contributed by atoms with Gasteiger partial charge in [0.05, 0.1) is 0 Å². The first-order valence-electron chi connectivity index (χ1n) is 4.82. The van der Waals surface area contributed by atoms with Crippen LogP contribution in [0.3, 0.4) is 0 Å². The summed E-state index contributed by atoms with van der Waals surface area (Å²) in [7, 11) is 0. The number of rotatable bonds is 1. The van der Waals surface area contributed by atoms with E-state index in [0.29, 0.717) is 11.7 Å². The van der Waals surface area contributed by atoms with Crippen molar-refractivity contribution in [2.75, 3.05) is 0 Å². The second kappa shape index (κ2) is 3.62. The Bertz CT molecular complexity index is 304. The van der Waals surface area contributed by atoms with Crippen LogP contribution in [-0.2, 0) is 4.79 Å². The first kappa shape index (κ1) is 8.95. The molecule has 0 bridgehead atoms. The molecule has 0 aromatic carbocycles. The molecule has 1 heterocycles. The van der Waals surface area contributed by atoms with E-state index >= 15 is 0 Å². The lowest BCUT2D eigenvalue weighted by molar-refractivity contribution is -0.120. The van der Waals surface area contributed by atoms with Gasteiger partial charge in [-0.3, -0.25) is 4.79 Å². The van der Waals surface area contributed by atoms with Gasteiger partial charge >= 0.3 is 0 Å². The number of carbonyl (C=O) groups excluding carboxylic acids is 1. The average molecular weight is 194 g/mol. The van der Waals surface area contributed by atoms with E-state index in [2.05, 4.69) is 18.4 Å². The standard InChI is InChI=1S/C11H14OS/c1-8-6-11(13-7-8)9-2-4-10(12)5-3-9/h6-7,9H,2-5H2,1H3. The Hall–Kier alpha value is -0.630. The van der Waals surface area contributed by atoms with Crippen LogP contribution in [0, 0.1) is 6.92 Å². The molecule has 13 heavy (non-hydrogen) atoms. The zero-order chi connectivity index (χ0) is 9.26. The van der Waals surface area contributed by atoms with Crippen LogP contribution in [-0.4, -0.2) is 5.78 Å². The highest BCUT2D eigenvalue weighted by atomic mass is 32.1. The topological polar surface area (TPSA) is 17.1 Å². The molecule has 1 saturated carbocycles. The van der Waals surface area contributed by atoms with Gasteiger partial charge in [0, 0.05) is 17.7 Å². The number of hydrogen-bond acceptors (Lipinski definition) is 2. The van der Waals surface area contributed by atoms with Crippen LogP contribution in [0.1, 0.15) is 42.0 Å². The predicted octanol–water partition coefficient (Wildman–Crippen LogP) is 3.28. The summed E-state index contributed by atoms with van der Waals surface area (Å²) in [6.45, 7) is 2.13. The van der Waals surface area contributed by atoms with E-state index in [0.717, 1.165) is 25.7 Å². The molecule has 0 aliphatic heterocycles. The van der Waals surface area contributed by atoms with Gasteiger partial charge in [-0.25, -0.2) is 0 Å². The Balaban J connectivity index is 2.06. The molecule has 2 heteroatoms. The first-order chi connectivity index (χ1) is 6.25. The van der Waals surface area contributed by atoms with E-state index in [-0.39, 0.29) is 0 Å². The summed E-state index contributed by atoms with van der Waals surface area (Å²) < 4.78 is 0. The summed E-state index contributed by atoms with van der Waals surface area (Å²) in [5.74, 6) is 1.11. The van der Waals surface area contributed by atoms with Crippen molar-refractivity contribution >= 4 is 17.1 Å². The van der Waals surface area contributed by atoms with E-state index in [1.807, 2.05) is 11.3 Å². The molecule has 1 aromatic heterocycles. The number of carbonyl (C=O) groups is 1. The molecule has 1 fully saturated rings. The number of ketones is 1. The highest BCUT2D eigenvalue weighted by molar-refractivity contribution is 7.10. The quantitative estimate of drug-likeness (QED) is 0.670. The summed E-state index contributed by atoms with van der Waals surface area (Å²) in [5, 5.41) is 2.20. The highest BCUT2D eigenvalue weighted by Gasteiger charge is 2.20. The molecule has 1 aliphatic carbocycles. The van der Waals surface area contributed by atoms with Gasteiger partial charge < -0.3 is 0 Å². The molecule has 0 atom stereocenters. The van der Waals surface area contributed by atoms with Crippen LogP contribution in [0.15, 0.2) is 11.4 Å². The van der Waals surface area contributed by atoms with Crippen LogP contribution in [0.25, 0.3) is 0 Å². The van der Waals surface area contributed by atoms with Crippen LogP contribution >= 0.6 is 11.3 Å². The van der Waals surface area contributed by atoms with Crippen LogP contribution < -0.4 is 0 Å². The average Bonchev–Trinajstić information content (AvgIpc) is 2.53. The Kier molecular flexibility index (Phi) is 2.49. The van der Waals surface area contributed by atoms with Crippen LogP contribution in [0.5, 0.6) is 0 Å². The van der Waals surface area contributed by atoms with Crippen molar-refractivity contribution < 1.29 is 4.79 Å². The highest BCUT2D eigenvalue weighted by Crippen LogP contribution is 2.34. The van der Waals surface area contributed by atoms with E-state index in [1.165, 1.54) is 10.4 Å². The van der Waals surface area contributed by atoms with Crippen LogP contribution in [0.2, 0.25) is 0 Å². The molecule has 0 saturated heterocycles. The fraction of sp³-hybridized carbons (Fsp3) is 0.545. The molecule has 0 amide bonds. The number of aryl methyl sites for hydroxylation is 1. The maximum absolute atomic E-state index is 11.0. The van der Waals surface area contributed by atoms with Gasteiger partial charge in [0.2, 0.25) is 0 Å². The second-order valence-electron chi connectivity index (χ2n) is 3.84. The minimum atomic E-state index is 0.449. The molecule has 0 spiro atoms. The zero-order valence-corrected chi connectivity index (χ0v) is 8.69. The number of thiophene rings is 1. The van der Waals surface area contributed by atoms with Gasteiger partial charge in [0.15, 0.2) is 0 Å². The van der Waals surface area contributed by atoms with Gasteiger partial charge in [-0.1, -0.05) is 0 Å². The lowest BCUT2D eigenvalue weighted by Crippen LogP contribution is -2.11. The zero-order valence-electron chi connectivity index (χ0n) is 7.88. The molecule has 1 nitrogen and oxygen atoms in total. The third-order valence-corrected chi connectivity index (χ3v) is 3.91. The molecule has 0 N–H and O–H groups in total. The normalized spacial score (nSPS) is 19.3. The summed E-state index contributed by atoms with van der Waals surface area (Å²) in [4.78, 5) is 12.5. The van der Waals surface area contributed by atoms with E-state index < -0.39 is 0 Å². The van der Waals surface area contributed by atoms with Crippen molar-refractivity contribution in [2.24, 2.45) is 0 Å². The number of hydrogen-bond donors (Lipinski definition) is 0. The maximum Gasteiger partial charge on any atom is 0.132 e. The molecule has 1 aromatic rings. The maximum atomic E-state index is 11.0. The Morgan fingerprint density at radius 3 is 2.62 bits per heavy atom. The van der Waals surface area contributed by atoms with Crippen molar-refractivity contribution in [3.05, 3.63) is 21.9 Å². The molecular weight excluding hydrogens is 180 g/mol. The minimum absolute atomic E-state index is 0.449. The monoisotopic (exact) mass is 194 g/mol. The van der Waals surface area contributed by atoms with E-state index in [1.54, 1.807) is 0 Å². The van der Waals surface area contributed by atoms with Gasteiger partial charge in [0.1, 0.15) is 5.78 Å². The van der Waals surface area contributed by atoms with Gasteiger partial charge in [0.25, 0.3) is 0 Å². The van der Waals surface area contributed by atoms with E-state index in [9.17, 15) is 4.79 Å². The Morgan fingerprint density at radius 2 is 2.08 bits per heavy atom. The molecule has 0 radical (unpaired) electrons. The van der Waals surface area contributed by atoms with Gasteiger partial charge in [-0.2, -0.15) is 0 Å². The summed E-state index contributed by atoms with van der Waals surface area (Å²) in [6, 6.07) is 2.27. The molecule has 0 unspecified atom stereocenters. The Morgan fingerprint density at radius 1 is 1.38 bits per heavy atom. The predicted molar refractivity (Wildman–Crippen MR) is 55.3 cm³/mol. The van der Waals surface area contributed by atoms with Crippen molar-refractivity contribution in [2.45, 2.75) is 38.5 Å². The minimum Gasteiger partial charge on any atom is -0.300 e. The number of Topliss-reactive ketones (excluding diaryl/α,β-unsaturated/α-hetero) is 1. The lowest BCUT2D eigenvalue weighted by atomic mass is 9.87. The smallest absolute Gasteiger partial charge is 0.132 e. The fourth-order valence-corrected chi connectivity index (χ4v) is 2.96. The largest absolute Gasteiger partial charge is 0.300 e. The Labute approximate surface area is 82.8 Å². The van der Waals surface area contributed by atoms with Gasteiger partial charge in [-0.05, 0) is 42.7 Å². The fourth-order valence-electron chi connectivity index (χ4n) is 1.89. The van der Waals surface area contributed by atoms with Crippen molar-refractivity contribution in [1.82, 2.24) is 0 Å². The summed E-state index contributed by atoms with van der Waals surface area (Å²) in [5.41, 5.74) is 1.36. The summed E-state index contributed by atoms with van der Waals surface area (Å²) >= 11 is 1.85. The molecule has 1 aliphatic rings.